The van der Waals surface area contributed by atoms with Crippen LogP contribution in [0.5, 0.6) is 0 Å². The Morgan fingerprint density at radius 1 is 1.25 bits per heavy atom. The fourth-order valence-electron chi connectivity index (χ4n) is 2.65. The van der Waals surface area contributed by atoms with E-state index in [2.05, 4.69) is 10.3 Å². The van der Waals surface area contributed by atoms with E-state index in [1.165, 1.54) is 0 Å². The normalized spacial score (nSPS) is 11.1. The number of anilines is 1. The van der Waals surface area contributed by atoms with E-state index in [0.717, 1.165) is 27.7 Å². The van der Waals surface area contributed by atoms with E-state index in [0.29, 0.717) is 11.3 Å². The Morgan fingerprint density at radius 2 is 2.04 bits per heavy atom. The summed E-state index contributed by atoms with van der Waals surface area (Å²) in [4.78, 5) is 17.8. The minimum atomic E-state index is -0.167. The molecule has 0 saturated carbocycles. The van der Waals surface area contributed by atoms with Gasteiger partial charge < -0.3 is 9.73 Å². The minimum absolute atomic E-state index is 0.167. The highest BCUT2D eigenvalue weighted by Crippen LogP contribution is 2.23. The van der Waals surface area contributed by atoms with Crippen LogP contribution in [0.15, 0.2) is 52.5 Å². The SMILES string of the molecule is Cc1cc(C(=O)Nc2ccc(-c3cn4ccsc4n3)cc2)c(C)o1. The van der Waals surface area contributed by atoms with E-state index in [1.54, 1.807) is 24.3 Å². The van der Waals surface area contributed by atoms with Crippen LogP contribution in [0.2, 0.25) is 0 Å². The van der Waals surface area contributed by atoms with Crippen molar-refractivity contribution in [2.24, 2.45) is 0 Å². The Balaban J connectivity index is 1.54. The summed E-state index contributed by atoms with van der Waals surface area (Å²) in [6, 6.07) is 9.41. The molecule has 0 bridgehead atoms. The lowest BCUT2D eigenvalue weighted by atomic mass is 10.1. The van der Waals surface area contributed by atoms with Gasteiger partial charge in [-0.3, -0.25) is 9.20 Å². The number of fused-ring (bicyclic) bond motifs is 1. The summed E-state index contributed by atoms with van der Waals surface area (Å²) in [5.41, 5.74) is 3.23. The van der Waals surface area contributed by atoms with Crippen LogP contribution in [0, 0.1) is 13.8 Å². The third-order valence-corrected chi connectivity index (χ3v) is 4.59. The van der Waals surface area contributed by atoms with Gasteiger partial charge in [-0.2, -0.15) is 0 Å². The average Bonchev–Trinajstić information content (AvgIpc) is 3.22. The molecule has 3 heterocycles. The molecule has 0 radical (unpaired) electrons. The number of imidazole rings is 1. The van der Waals surface area contributed by atoms with Gasteiger partial charge in [-0.15, -0.1) is 11.3 Å². The second-order valence-electron chi connectivity index (χ2n) is 5.58. The van der Waals surface area contributed by atoms with Gasteiger partial charge >= 0.3 is 0 Å². The van der Waals surface area contributed by atoms with E-state index in [9.17, 15) is 4.79 Å². The van der Waals surface area contributed by atoms with E-state index in [4.69, 9.17) is 4.42 Å². The molecular formula is C18H15N3O2S. The number of aromatic nitrogens is 2. The predicted molar refractivity (Wildman–Crippen MR) is 94.6 cm³/mol. The number of hydrogen-bond acceptors (Lipinski definition) is 4. The van der Waals surface area contributed by atoms with Gasteiger partial charge in [0.05, 0.1) is 11.3 Å². The first-order valence-electron chi connectivity index (χ1n) is 7.51. The van der Waals surface area contributed by atoms with Crippen molar-refractivity contribution in [3.05, 3.63) is 65.2 Å². The summed E-state index contributed by atoms with van der Waals surface area (Å²) in [5, 5.41) is 4.89. The first-order valence-corrected chi connectivity index (χ1v) is 8.39. The Labute approximate surface area is 142 Å². The molecule has 5 nitrogen and oxygen atoms in total. The van der Waals surface area contributed by atoms with Crippen LogP contribution in [-0.2, 0) is 0 Å². The molecule has 0 unspecified atom stereocenters. The van der Waals surface area contributed by atoms with Gasteiger partial charge in [-0.25, -0.2) is 4.98 Å². The Kier molecular flexibility index (Phi) is 3.46. The number of carbonyl (C=O) groups excluding carboxylic acids is 1. The molecule has 0 aliphatic rings. The highest BCUT2D eigenvalue weighted by atomic mass is 32.1. The van der Waals surface area contributed by atoms with Gasteiger partial charge in [-0.05, 0) is 32.0 Å². The number of rotatable bonds is 3. The lowest BCUT2D eigenvalue weighted by molar-refractivity contribution is 0.102. The molecule has 4 aromatic rings. The molecule has 24 heavy (non-hydrogen) atoms. The smallest absolute Gasteiger partial charge is 0.259 e. The largest absolute Gasteiger partial charge is 0.466 e. The number of aryl methyl sites for hydroxylation is 2. The summed E-state index contributed by atoms with van der Waals surface area (Å²) in [6.07, 6.45) is 3.98. The highest BCUT2D eigenvalue weighted by Gasteiger charge is 2.13. The molecule has 1 amide bonds. The Bertz CT molecular complexity index is 996. The topological polar surface area (TPSA) is 59.5 Å². The first-order chi connectivity index (χ1) is 11.6. The molecule has 1 aromatic carbocycles. The number of benzene rings is 1. The second-order valence-corrected chi connectivity index (χ2v) is 6.45. The van der Waals surface area contributed by atoms with Crippen LogP contribution >= 0.6 is 11.3 Å². The molecule has 0 aliphatic heterocycles. The van der Waals surface area contributed by atoms with E-state index >= 15 is 0 Å². The first kappa shape index (κ1) is 14.7. The van der Waals surface area contributed by atoms with Crippen LogP contribution in [0.3, 0.4) is 0 Å². The van der Waals surface area contributed by atoms with Crippen molar-refractivity contribution in [2.75, 3.05) is 5.32 Å². The third kappa shape index (κ3) is 2.61. The molecule has 0 saturated heterocycles. The van der Waals surface area contributed by atoms with Crippen molar-refractivity contribution in [2.45, 2.75) is 13.8 Å². The van der Waals surface area contributed by atoms with Crippen LogP contribution in [0.25, 0.3) is 16.2 Å². The highest BCUT2D eigenvalue weighted by molar-refractivity contribution is 7.15. The van der Waals surface area contributed by atoms with E-state index in [-0.39, 0.29) is 5.91 Å². The van der Waals surface area contributed by atoms with Crippen molar-refractivity contribution in [1.82, 2.24) is 9.38 Å². The second kappa shape index (κ2) is 5.65. The number of carbonyl (C=O) groups is 1. The summed E-state index contributed by atoms with van der Waals surface area (Å²) in [6.45, 7) is 3.61. The van der Waals surface area contributed by atoms with Gasteiger partial charge in [0.2, 0.25) is 0 Å². The monoisotopic (exact) mass is 337 g/mol. The number of hydrogen-bond donors (Lipinski definition) is 1. The van der Waals surface area contributed by atoms with Crippen LogP contribution < -0.4 is 5.32 Å². The van der Waals surface area contributed by atoms with Crippen LogP contribution in [-0.4, -0.2) is 15.3 Å². The summed E-state index contributed by atoms with van der Waals surface area (Å²) in [5.74, 6) is 1.19. The quantitative estimate of drug-likeness (QED) is 0.598. The predicted octanol–water partition coefficient (Wildman–Crippen LogP) is 4.52. The molecule has 1 N–H and O–H groups in total. The standard InChI is InChI=1S/C18H15N3O2S/c1-11-9-15(12(2)23-11)17(22)19-14-5-3-13(4-6-14)16-10-21-7-8-24-18(21)20-16/h3-10H,1-2H3,(H,19,22). The van der Waals surface area contributed by atoms with Crippen LogP contribution in [0.4, 0.5) is 5.69 Å². The van der Waals surface area contributed by atoms with Gasteiger partial charge in [-0.1, -0.05) is 12.1 Å². The fraction of sp³-hybridized carbons (Fsp3) is 0.111. The number of furan rings is 1. The molecule has 4 rings (SSSR count). The molecular weight excluding hydrogens is 322 g/mol. The van der Waals surface area contributed by atoms with E-state index < -0.39 is 0 Å². The molecule has 3 aromatic heterocycles. The lowest BCUT2D eigenvalue weighted by Gasteiger charge is -2.05. The molecule has 0 aliphatic carbocycles. The Hall–Kier alpha value is -2.86. The van der Waals surface area contributed by atoms with Crippen molar-refractivity contribution in [1.29, 1.82) is 0 Å². The number of nitrogens with zero attached hydrogens (tertiary/aromatic N) is 2. The van der Waals surface area contributed by atoms with Crippen LogP contribution in [0.1, 0.15) is 21.9 Å². The molecule has 0 fully saturated rings. The average molecular weight is 337 g/mol. The molecule has 120 valence electrons. The van der Waals surface area contributed by atoms with Crippen molar-refractivity contribution in [3.8, 4) is 11.3 Å². The zero-order chi connectivity index (χ0) is 16.7. The third-order valence-electron chi connectivity index (χ3n) is 3.82. The summed E-state index contributed by atoms with van der Waals surface area (Å²) < 4.78 is 7.40. The van der Waals surface area contributed by atoms with Gasteiger partial charge in [0.1, 0.15) is 11.5 Å². The maximum atomic E-state index is 12.3. The molecule has 0 spiro atoms. The van der Waals surface area contributed by atoms with Crippen molar-refractivity contribution in [3.63, 3.8) is 0 Å². The number of thiazole rings is 1. The number of nitrogens with one attached hydrogen (secondary N) is 1. The van der Waals surface area contributed by atoms with Crippen molar-refractivity contribution >= 4 is 27.9 Å². The fourth-order valence-corrected chi connectivity index (χ4v) is 3.35. The maximum absolute atomic E-state index is 12.3. The molecule has 0 atom stereocenters. The lowest BCUT2D eigenvalue weighted by Crippen LogP contribution is -2.11. The van der Waals surface area contributed by atoms with Gasteiger partial charge in [0.25, 0.3) is 5.91 Å². The molecule has 6 heteroatoms. The minimum Gasteiger partial charge on any atom is -0.466 e. The van der Waals surface area contributed by atoms with Gasteiger partial charge in [0, 0.05) is 29.0 Å². The van der Waals surface area contributed by atoms with E-state index in [1.807, 2.05) is 53.4 Å². The number of amides is 1. The summed E-state index contributed by atoms with van der Waals surface area (Å²) >= 11 is 1.60. The summed E-state index contributed by atoms with van der Waals surface area (Å²) in [7, 11) is 0. The van der Waals surface area contributed by atoms with Crippen molar-refractivity contribution < 1.29 is 9.21 Å². The zero-order valence-electron chi connectivity index (χ0n) is 13.2. The Morgan fingerprint density at radius 3 is 2.71 bits per heavy atom. The maximum Gasteiger partial charge on any atom is 0.259 e. The zero-order valence-corrected chi connectivity index (χ0v) is 14.1. The van der Waals surface area contributed by atoms with Gasteiger partial charge in [0.15, 0.2) is 4.96 Å².